The van der Waals surface area contributed by atoms with Gasteiger partial charge in [0.1, 0.15) is 0 Å². The standard InChI is InChI=1S/C20H25ClN4O2/c1-20(2,3)25-17(12-6-7-12)11-16(23-25)18(26)22-15-10-13(8-9-14(15)21)19(27)24(4)5/h8-12H,6-7H2,1-5H3,(H,22,26). The molecule has 0 radical (unpaired) electrons. The van der Waals surface area contributed by atoms with Gasteiger partial charge in [0.2, 0.25) is 0 Å². The Hall–Kier alpha value is -2.34. The lowest BCUT2D eigenvalue weighted by molar-refractivity contribution is 0.0827. The summed E-state index contributed by atoms with van der Waals surface area (Å²) in [6, 6.07) is 6.70. The van der Waals surface area contributed by atoms with Crippen LogP contribution in [0.1, 0.15) is 66.1 Å². The van der Waals surface area contributed by atoms with Gasteiger partial charge in [-0.15, -0.1) is 0 Å². The molecule has 144 valence electrons. The lowest BCUT2D eigenvalue weighted by atomic mass is 10.1. The minimum atomic E-state index is -0.337. The second-order valence-corrected chi connectivity index (χ2v) is 8.57. The van der Waals surface area contributed by atoms with Gasteiger partial charge in [0.15, 0.2) is 5.69 Å². The second-order valence-electron chi connectivity index (χ2n) is 8.16. The summed E-state index contributed by atoms with van der Waals surface area (Å²) in [5.41, 5.74) is 2.10. The third kappa shape index (κ3) is 4.16. The minimum Gasteiger partial charge on any atom is -0.345 e. The van der Waals surface area contributed by atoms with Crippen LogP contribution in [0.5, 0.6) is 0 Å². The summed E-state index contributed by atoms with van der Waals surface area (Å²) in [6.45, 7) is 6.21. The number of carbonyl (C=O) groups is 2. The smallest absolute Gasteiger partial charge is 0.276 e. The molecule has 1 heterocycles. The number of nitrogens with one attached hydrogen (secondary N) is 1. The first kappa shape index (κ1) is 19.4. The number of halogens is 1. The van der Waals surface area contributed by atoms with Crippen LogP contribution < -0.4 is 5.32 Å². The van der Waals surface area contributed by atoms with Crippen LogP contribution in [0.15, 0.2) is 24.3 Å². The van der Waals surface area contributed by atoms with Gasteiger partial charge in [0.05, 0.1) is 16.2 Å². The molecule has 1 aliphatic carbocycles. The van der Waals surface area contributed by atoms with Crippen LogP contribution in [0.4, 0.5) is 5.69 Å². The van der Waals surface area contributed by atoms with Crippen LogP contribution in [0.2, 0.25) is 5.02 Å². The van der Waals surface area contributed by atoms with E-state index in [0.29, 0.717) is 27.9 Å². The van der Waals surface area contributed by atoms with Gasteiger partial charge in [-0.05, 0) is 57.9 Å². The first-order valence-corrected chi connectivity index (χ1v) is 9.38. The molecule has 1 aromatic heterocycles. The molecule has 6 nitrogen and oxygen atoms in total. The molecule has 1 aromatic carbocycles. The number of nitrogens with zero attached hydrogens (tertiary/aromatic N) is 3. The summed E-state index contributed by atoms with van der Waals surface area (Å²) in [5.74, 6) is -0.0191. The van der Waals surface area contributed by atoms with Crippen LogP contribution in [-0.2, 0) is 5.54 Å². The number of aromatic nitrogens is 2. The Balaban J connectivity index is 1.88. The molecule has 1 N–H and O–H groups in total. The molecule has 1 aliphatic rings. The molecule has 2 aromatic rings. The van der Waals surface area contributed by atoms with Gasteiger partial charge in [0, 0.05) is 31.3 Å². The van der Waals surface area contributed by atoms with Crippen LogP contribution in [-0.4, -0.2) is 40.6 Å². The van der Waals surface area contributed by atoms with Crippen molar-refractivity contribution in [2.24, 2.45) is 0 Å². The number of carbonyl (C=O) groups excluding carboxylic acids is 2. The largest absolute Gasteiger partial charge is 0.345 e. The van der Waals surface area contributed by atoms with E-state index in [0.717, 1.165) is 18.5 Å². The first-order valence-electron chi connectivity index (χ1n) is 9.01. The molecule has 0 unspecified atom stereocenters. The van der Waals surface area contributed by atoms with E-state index in [9.17, 15) is 9.59 Å². The Kier molecular flexibility index (Phi) is 5.04. The molecular formula is C20H25ClN4O2. The van der Waals surface area contributed by atoms with Gasteiger partial charge >= 0.3 is 0 Å². The summed E-state index contributed by atoms with van der Waals surface area (Å²) < 4.78 is 1.94. The molecular weight excluding hydrogens is 364 g/mol. The summed E-state index contributed by atoms with van der Waals surface area (Å²) in [5, 5.41) is 7.71. The highest BCUT2D eigenvalue weighted by Crippen LogP contribution is 2.41. The highest BCUT2D eigenvalue weighted by atomic mass is 35.5. The molecule has 0 atom stereocenters. The van der Waals surface area contributed by atoms with Gasteiger partial charge in [-0.3, -0.25) is 14.3 Å². The van der Waals surface area contributed by atoms with Crippen molar-refractivity contribution < 1.29 is 9.59 Å². The molecule has 2 amide bonds. The van der Waals surface area contributed by atoms with Crippen LogP contribution in [0, 0.1) is 0 Å². The van der Waals surface area contributed by atoms with E-state index in [1.165, 1.54) is 4.90 Å². The zero-order valence-corrected chi connectivity index (χ0v) is 17.1. The SMILES string of the molecule is CN(C)C(=O)c1ccc(Cl)c(NC(=O)c2cc(C3CC3)n(C(C)(C)C)n2)c1. The van der Waals surface area contributed by atoms with Crippen molar-refractivity contribution in [3.05, 3.63) is 46.2 Å². The van der Waals surface area contributed by atoms with Gasteiger partial charge in [-0.1, -0.05) is 11.6 Å². The Labute approximate surface area is 164 Å². The van der Waals surface area contributed by atoms with Crippen LogP contribution in [0.25, 0.3) is 0 Å². The van der Waals surface area contributed by atoms with Crippen molar-refractivity contribution in [3.63, 3.8) is 0 Å². The fraction of sp³-hybridized carbons (Fsp3) is 0.450. The Bertz CT molecular complexity index is 892. The predicted octanol–water partition coefficient (Wildman–Crippen LogP) is 4.12. The van der Waals surface area contributed by atoms with Crippen molar-refractivity contribution in [2.75, 3.05) is 19.4 Å². The molecule has 0 spiro atoms. The highest BCUT2D eigenvalue weighted by molar-refractivity contribution is 6.34. The molecule has 1 saturated carbocycles. The number of hydrogen-bond donors (Lipinski definition) is 1. The predicted molar refractivity (Wildman–Crippen MR) is 107 cm³/mol. The Morgan fingerprint density at radius 3 is 2.44 bits per heavy atom. The maximum Gasteiger partial charge on any atom is 0.276 e. The molecule has 1 fully saturated rings. The minimum absolute atomic E-state index is 0.157. The van der Waals surface area contributed by atoms with Crippen LogP contribution >= 0.6 is 11.6 Å². The molecule has 0 aliphatic heterocycles. The molecule has 0 saturated heterocycles. The summed E-state index contributed by atoms with van der Waals surface area (Å²) in [7, 11) is 3.35. The van der Waals surface area contributed by atoms with Gasteiger partial charge in [-0.25, -0.2) is 0 Å². The quantitative estimate of drug-likeness (QED) is 0.856. The molecule has 3 rings (SSSR count). The number of rotatable bonds is 4. The number of benzene rings is 1. The van der Waals surface area contributed by atoms with E-state index >= 15 is 0 Å². The zero-order chi connectivity index (χ0) is 19.9. The van der Waals surface area contributed by atoms with Gasteiger partial charge in [-0.2, -0.15) is 5.10 Å². The maximum atomic E-state index is 12.8. The number of hydrogen-bond acceptors (Lipinski definition) is 3. The summed E-state index contributed by atoms with van der Waals surface area (Å²) in [6.07, 6.45) is 2.26. The Morgan fingerprint density at radius 2 is 1.89 bits per heavy atom. The third-order valence-electron chi connectivity index (χ3n) is 4.47. The molecule has 0 bridgehead atoms. The van der Waals surface area contributed by atoms with Crippen molar-refractivity contribution >= 4 is 29.1 Å². The van der Waals surface area contributed by atoms with Crippen molar-refractivity contribution in [1.29, 1.82) is 0 Å². The average molecular weight is 389 g/mol. The molecule has 27 heavy (non-hydrogen) atoms. The summed E-state index contributed by atoms with van der Waals surface area (Å²) >= 11 is 6.22. The summed E-state index contributed by atoms with van der Waals surface area (Å²) in [4.78, 5) is 26.4. The fourth-order valence-electron chi connectivity index (χ4n) is 2.91. The monoisotopic (exact) mass is 388 g/mol. The lowest BCUT2D eigenvalue weighted by Crippen LogP contribution is -2.26. The van der Waals surface area contributed by atoms with E-state index in [1.807, 2.05) is 10.7 Å². The average Bonchev–Trinajstić information content (AvgIpc) is 3.32. The maximum absolute atomic E-state index is 12.8. The van der Waals surface area contributed by atoms with Crippen molar-refractivity contribution in [1.82, 2.24) is 14.7 Å². The second kappa shape index (κ2) is 7.00. The lowest BCUT2D eigenvalue weighted by Gasteiger charge is -2.22. The highest BCUT2D eigenvalue weighted by Gasteiger charge is 2.32. The number of amides is 2. The van der Waals surface area contributed by atoms with Gasteiger partial charge in [0.25, 0.3) is 11.8 Å². The fourth-order valence-corrected chi connectivity index (χ4v) is 3.08. The van der Waals surface area contributed by atoms with Gasteiger partial charge < -0.3 is 10.2 Å². The third-order valence-corrected chi connectivity index (χ3v) is 4.80. The Morgan fingerprint density at radius 1 is 1.22 bits per heavy atom. The van der Waals surface area contributed by atoms with E-state index in [-0.39, 0.29) is 17.4 Å². The topological polar surface area (TPSA) is 67.2 Å². The van der Waals surface area contributed by atoms with Crippen molar-refractivity contribution in [2.45, 2.75) is 45.1 Å². The van der Waals surface area contributed by atoms with E-state index < -0.39 is 0 Å². The van der Waals surface area contributed by atoms with Crippen molar-refractivity contribution in [3.8, 4) is 0 Å². The zero-order valence-electron chi connectivity index (χ0n) is 16.3. The molecule has 7 heteroatoms. The van der Waals surface area contributed by atoms with Crippen LogP contribution in [0.3, 0.4) is 0 Å². The number of anilines is 1. The van der Waals surface area contributed by atoms with E-state index in [4.69, 9.17) is 11.6 Å². The van der Waals surface area contributed by atoms with E-state index in [2.05, 4.69) is 31.2 Å². The first-order chi connectivity index (χ1) is 12.6. The van der Waals surface area contributed by atoms with E-state index in [1.54, 1.807) is 32.3 Å². The normalized spacial score (nSPS) is 14.1.